The molecule has 29 heavy (non-hydrogen) atoms. The van der Waals surface area contributed by atoms with Crippen LogP contribution < -0.4 is 0 Å². The summed E-state index contributed by atoms with van der Waals surface area (Å²) in [6.45, 7) is 2.28. The topological polar surface area (TPSA) is 0 Å². The number of unbranched alkanes of at least 4 members (excludes halogenated alkanes) is 13. The molecule has 2 rings (SSSR count). The standard InChI is InChI=1S/C29H44/c1-2-3-4-5-6-7-8-9-10-11-12-13-14-15-16-17-18-22-27-24-21-25-28-23-19-20-26-29(27)28/h7-8,19-21,23-26H,2-6,9-18,22H2,1H3/b8-7+. The van der Waals surface area contributed by atoms with Crippen molar-refractivity contribution in [1.82, 2.24) is 0 Å². The number of fused-ring (bicyclic) bond motifs is 1. The predicted molar refractivity (Wildman–Crippen MR) is 132 cm³/mol. The van der Waals surface area contributed by atoms with Crippen LogP contribution in [0.5, 0.6) is 0 Å². The Balaban J connectivity index is 1.38. The molecule has 0 amide bonds. The maximum atomic E-state index is 2.42. The largest absolute Gasteiger partial charge is 0.0885 e. The summed E-state index contributed by atoms with van der Waals surface area (Å²) in [6.07, 6.45) is 26.8. The van der Waals surface area contributed by atoms with Crippen molar-refractivity contribution in [2.45, 2.75) is 110 Å². The van der Waals surface area contributed by atoms with Gasteiger partial charge in [-0.3, -0.25) is 0 Å². The minimum Gasteiger partial charge on any atom is -0.0885 e. The molecule has 0 heterocycles. The third-order valence-corrected chi connectivity index (χ3v) is 6.09. The zero-order valence-electron chi connectivity index (χ0n) is 19.0. The molecule has 0 saturated carbocycles. The van der Waals surface area contributed by atoms with E-state index in [0.717, 1.165) is 0 Å². The second kappa shape index (κ2) is 16.3. The molecule has 0 unspecified atom stereocenters. The van der Waals surface area contributed by atoms with E-state index in [-0.39, 0.29) is 0 Å². The second-order valence-corrected chi connectivity index (χ2v) is 8.68. The van der Waals surface area contributed by atoms with Crippen LogP contribution in [-0.2, 0) is 6.42 Å². The van der Waals surface area contributed by atoms with E-state index < -0.39 is 0 Å². The van der Waals surface area contributed by atoms with Gasteiger partial charge in [0.25, 0.3) is 0 Å². The van der Waals surface area contributed by atoms with Crippen molar-refractivity contribution < 1.29 is 0 Å². The zero-order valence-corrected chi connectivity index (χ0v) is 19.0. The van der Waals surface area contributed by atoms with E-state index in [4.69, 9.17) is 0 Å². The lowest BCUT2D eigenvalue weighted by molar-refractivity contribution is 0.560. The number of benzene rings is 2. The Bertz CT molecular complexity index is 661. The molecule has 2 aromatic rings. The molecular weight excluding hydrogens is 348 g/mol. The van der Waals surface area contributed by atoms with Gasteiger partial charge in [-0.1, -0.05) is 126 Å². The van der Waals surface area contributed by atoms with E-state index in [1.807, 2.05) is 0 Å². The predicted octanol–water partition coefficient (Wildman–Crippen LogP) is 9.81. The minimum absolute atomic E-state index is 1.23. The highest BCUT2D eigenvalue weighted by atomic mass is 14.1. The molecule has 0 aromatic heterocycles. The average molecular weight is 393 g/mol. The Hall–Kier alpha value is -1.56. The van der Waals surface area contributed by atoms with E-state index in [9.17, 15) is 0 Å². The molecule has 0 nitrogen and oxygen atoms in total. The SMILES string of the molecule is CCCCCC/C=C/CCCCCCCCCCCc1cccc2ccccc12. The van der Waals surface area contributed by atoms with E-state index in [0.29, 0.717) is 0 Å². The van der Waals surface area contributed by atoms with Crippen LogP contribution in [0.2, 0.25) is 0 Å². The molecule has 0 radical (unpaired) electrons. The molecule has 0 aliphatic carbocycles. The summed E-state index contributed by atoms with van der Waals surface area (Å²) in [5.41, 5.74) is 1.53. The van der Waals surface area contributed by atoms with Gasteiger partial charge in [-0.2, -0.15) is 0 Å². The maximum absolute atomic E-state index is 2.42. The number of allylic oxidation sites excluding steroid dienone is 2. The molecule has 160 valence electrons. The highest BCUT2D eigenvalue weighted by Crippen LogP contribution is 2.21. The molecule has 0 aliphatic heterocycles. The molecule has 0 atom stereocenters. The van der Waals surface area contributed by atoms with Gasteiger partial charge in [0.2, 0.25) is 0 Å². The zero-order chi connectivity index (χ0) is 20.4. The fourth-order valence-corrected chi connectivity index (χ4v) is 4.25. The number of rotatable bonds is 17. The first kappa shape index (κ1) is 23.7. The Morgan fingerprint density at radius 3 is 1.79 bits per heavy atom. The van der Waals surface area contributed by atoms with Crippen LogP contribution >= 0.6 is 0 Å². The van der Waals surface area contributed by atoms with Gasteiger partial charge in [-0.25, -0.2) is 0 Å². The third-order valence-electron chi connectivity index (χ3n) is 6.09. The van der Waals surface area contributed by atoms with Gasteiger partial charge in [-0.05, 0) is 54.9 Å². The molecule has 2 aromatic carbocycles. The Labute approximate surface area is 180 Å². The van der Waals surface area contributed by atoms with Crippen LogP contribution in [0, 0.1) is 0 Å². The van der Waals surface area contributed by atoms with E-state index in [1.165, 1.54) is 119 Å². The lowest BCUT2D eigenvalue weighted by Crippen LogP contribution is -1.88. The summed E-state index contributed by atoms with van der Waals surface area (Å²) in [7, 11) is 0. The van der Waals surface area contributed by atoms with Crippen LogP contribution in [0.25, 0.3) is 10.8 Å². The van der Waals surface area contributed by atoms with Gasteiger partial charge in [0.05, 0.1) is 0 Å². The summed E-state index contributed by atoms with van der Waals surface area (Å²) >= 11 is 0. The van der Waals surface area contributed by atoms with E-state index in [1.54, 1.807) is 0 Å². The summed E-state index contributed by atoms with van der Waals surface area (Å²) in [5.74, 6) is 0. The molecule has 0 bridgehead atoms. The van der Waals surface area contributed by atoms with Crippen LogP contribution in [0.3, 0.4) is 0 Å². The van der Waals surface area contributed by atoms with Crippen molar-refractivity contribution in [2.24, 2.45) is 0 Å². The average Bonchev–Trinajstić information content (AvgIpc) is 2.76. The van der Waals surface area contributed by atoms with Crippen molar-refractivity contribution in [3.05, 3.63) is 60.2 Å². The van der Waals surface area contributed by atoms with Gasteiger partial charge in [0, 0.05) is 0 Å². The molecule has 0 saturated heterocycles. The lowest BCUT2D eigenvalue weighted by Gasteiger charge is -2.06. The van der Waals surface area contributed by atoms with Crippen molar-refractivity contribution in [3.63, 3.8) is 0 Å². The fraction of sp³-hybridized carbons (Fsp3) is 0.586. The quantitative estimate of drug-likeness (QED) is 0.185. The molecule has 0 aliphatic rings. The normalized spacial score (nSPS) is 11.6. The van der Waals surface area contributed by atoms with Crippen LogP contribution in [0.15, 0.2) is 54.6 Å². The molecule has 0 heteroatoms. The fourth-order valence-electron chi connectivity index (χ4n) is 4.25. The highest BCUT2D eigenvalue weighted by molar-refractivity contribution is 5.85. The Morgan fingerprint density at radius 1 is 0.552 bits per heavy atom. The third kappa shape index (κ3) is 10.7. The monoisotopic (exact) mass is 392 g/mol. The maximum Gasteiger partial charge on any atom is -0.0152 e. The van der Waals surface area contributed by atoms with Crippen LogP contribution in [0.1, 0.15) is 109 Å². The first-order chi connectivity index (χ1) is 14.4. The number of aryl methyl sites for hydroxylation is 1. The van der Waals surface area contributed by atoms with Crippen molar-refractivity contribution in [3.8, 4) is 0 Å². The van der Waals surface area contributed by atoms with Crippen LogP contribution in [0.4, 0.5) is 0 Å². The van der Waals surface area contributed by atoms with E-state index >= 15 is 0 Å². The number of hydrogen-bond acceptors (Lipinski definition) is 0. The first-order valence-electron chi connectivity index (χ1n) is 12.5. The van der Waals surface area contributed by atoms with Gasteiger partial charge in [0.15, 0.2) is 0 Å². The Morgan fingerprint density at radius 2 is 1.10 bits per heavy atom. The lowest BCUT2D eigenvalue weighted by atomic mass is 9.99. The summed E-state index contributed by atoms with van der Waals surface area (Å²) in [6, 6.07) is 15.5. The van der Waals surface area contributed by atoms with Crippen LogP contribution in [-0.4, -0.2) is 0 Å². The first-order valence-corrected chi connectivity index (χ1v) is 12.5. The summed E-state index contributed by atoms with van der Waals surface area (Å²) in [4.78, 5) is 0. The van der Waals surface area contributed by atoms with Gasteiger partial charge in [0.1, 0.15) is 0 Å². The Kier molecular flexibility index (Phi) is 13.3. The van der Waals surface area contributed by atoms with Crippen molar-refractivity contribution >= 4 is 10.8 Å². The smallest absolute Gasteiger partial charge is 0.0152 e. The minimum atomic E-state index is 1.23. The molecular formula is C29H44. The van der Waals surface area contributed by atoms with Gasteiger partial charge in [-0.15, -0.1) is 0 Å². The molecule has 0 spiro atoms. The second-order valence-electron chi connectivity index (χ2n) is 8.68. The number of hydrogen-bond donors (Lipinski definition) is 0. The van der Waals surface area contributed by atoms with Crippen molar-refractivity contribution in [1.29, 1.82) is 0 Å². The van der Waals surface area contributed by atoms with Gasteiger partial charge < -0.3 is 0 Å². The summed E-state index contributed by atoms with van der Waals surface area (Å²) in [5, 5.41) is 2.83. The summed E-state index contributed by atoms with van der Waals surface area (Å²) < 4.78 is 0. The van der Waals surface area contributed by atoms with E-state index in [2.05, 4.69) is 61.5 Å². The van der Waals surface area contributed by atoms with Gasteiger partial charge >= 0.3 is 0 Å². The molecule has 0 fully saturated rings. The molecule has 0 N–H and O–H groups in total. The highest BCUT2D eigenvalue weighted by Gasteiger charge is 2.00. The van der Waals surface area contributed by atoms with Crippen molar-refractivity contribution in [2.75, 3.05) is 0 Å².